The van der Waals surface area contributed by atoms with E-state index in [0.717, 1.165) is 25.9 Å². The fraction of sp³-hybridized carbons (Fsp3) is 0.588. The third-order valence-corrected chi connectivity index (χ3v) is 4.06. The molecule has 0 amide bonds. The van der Waals surface area contributed by atoms with Crippen LogP contribution in [0.5, 0.6) is 5.75 Å². The van der Waals surface area contributed by atoms with Crippen LogP contribution < -0.4 is 4.74 Å². The first-order valence-electron chi connectivity index (χ1n) is 7.82. The molecule has 1 heterocycles. The highest BCUT2D eigenvalue weighted by molar-refractivity contribution is 5.42. The van der Waals surface area contributed by atoms with Crippen LogP contribution in [0.15, 0.2) is 24.3 Å². The highest BCUT2D eigenvalue weighted by Gasteiger charge is 2.19. The lowest BCUT2D eigenvalue weighted by Gasteiger charge is -2.28. The molecule has 0 aliphatic carbocycles. The highest BCUT2D eigenvalue weighted by Crippen LogP contribution is 2.18. The van der Waals surface area contributed by atoms with Gasteiger partial charge in [0, 0.05) is 12.6 Å². The smallest absolute Gasteiger partial charge is 0.137 e. The predicted octanol–water partition coefficient (Wildman–Crippen LogP) is 2.56. The Labute approximate surface area is 127 Å². The molecule has 4 heteroatoms. The van der Waals surface area contributed by atoms with Gasteiger partial charge in [-0.3, -0.25) is 4.90 Å². The van der Waals surface area contributed by atoms with E-state index in [4.69, 9.17) is 10.00 Å². The summed E-state index contributed by atoms with van der Waals surface area (Å²) in [5.41, 5.74) is 0.584. The maximum Gasteiger partial charge on any atom is 0.137 e. The zero-order chi connectivity index (χ0) is 14.9. The second-order valence-corrected chi connectivity index (χ2v) is 5.53. The molecule has 0 aromatic heterocycles. The van der Waals surface area contributed by atoms with Crippen LogP contribution in [0.4, 0.5) is 0 Å². The predicted molar refractivity (Wildman–Crippen MR) is 82.2 cm³/mol. The molecule has 1 saturated heterocycles. The van der Waals surface area contributed by atoms with Crippen molar-refractivity contribution >= 4 is 0 Å². The van der Waals surface area contributed by atoms with Crippen molar-refractivity contribution in [2.45, 2.75) is 38.1 Å². The van der Waals surface area contributed by atoms with Gasteiger partial charge in [0.05, 0.1) is 18.8 Å². The second kappa shape index (κ2) is 8.66. The summed E-state index contributed by atoms with van der Waals surface area (Å²) in [6.07, 6.45) is 5.70. The number of benzene rings is 1. The summed E-state index contributed by atoms with van der Waals surface area (Å²) >= 11 is 0. The average Bonchev–Trinajstić information content (AvgIpc) is 2.76. The SMILES string of the molecule is N#Cc1ccccc1OCCCN1CCCCCC1CO. The van der Waals surface area contributed by atoms with Crippen molar-refractivity contribution in [3.63, 3.8) is 0 Å². The number of nitriles is 1. The van der Waals surface area contributed by atoms with Crippen LogP contribution >= 0.6 is 0 Å². The summed E-state index contributed by atoms with van der Waals surface area (Å²) in [6.45, 7) is 2.87. The molecule has 21 heavy (non-hydrogen) atoms. The molecular formula is C17H24N2O2. The Morgan fingerprint density at radius 1 is 1.29 bits per heavy atom. The first-order chi connectivity index (χ1) is 10.3. The van der Waals surface area contributed by atoms with Crippen LogP contribution in [0.2, 0.25) is 0 Å². The molecule has 1 aliphatic rings. The number of aliphatic hydroxyl groups is 1. The number of rotatable bonds is 6. The third kappa shape index (κ3) is 4.73. The molecule has 1 aromatic carbocycles. The monoisotopic (exact) mass is 288 g/mol. The van der Waals surface area contributed by atoms with E-state index in [0.29, 0.717) is 24.0 Å². The Kier molecular flexibility index (Phi) is 6.52. The van der Waals surface area contributed by atoms with E-state index < -0.39 is 0 Å². The number of likely N-dealkylation sites (tertiary alicyclic amines) is 1. The number of ether oxygens (including phenoxy) is 1. The number of nitrogens with zero attached hydrogens (tertiary/aromatic N) is 2. The first-order valence-corrected chi connectivity index (χ1v) is 7.82. The maximum absolute atomic E-state index is 9.48. The summed E-state index contributed by atoms with van der Waals surface area (Å²) < 4.78 is 5.71. The zero-order valence-electron chi connectivity index (χ0n) is 12.5. The molecule has 1 N–H and O–H groups in total. The lowest BCUT2D eigenvalue weighted by molar-refractivity contribution is 0.118. The van der Waals surface area contributed by atoms with E-state index in [1.807, 2.05) is 18.2 Å². The molecule has 0 radical (unpaired) electrons. The van der Waals surface area contributed by atoms with Crippen molar-refractivity contribution in [2.24, 2.45) is 0 Å². The van der Waals surface area contributed by atoms with E-state index in [-0.39, 0.29) is 6.61 Å². The van der Waals surface area contributed by atoms with Crippen molar-refractivity contribution in [2.75, 3.05) is 26.3 Å². The molecular weight excluding hydrogens is 264 g/mol. The highest BCUT2D eigenvalue weighted by atomic mass is 16.5. The largest absolute Gasteiger partial charge is 0.492 e. The van der Waals surface area contributed by atoms with Crippen molar-refractivity contribution in [1.82, 2.24) is 4.90 Å². The minimum Gasteiger partial charge on any atom is -0.492 e. The Morgan fingerprint density at radius 2 is 2.14 bits per heavy atom. The fourth-order valence-electron chi connectivity index (χ4n) is 2.87. The quantitative estimate of drug-likeness (QED) is 0.817. The lowest BCUT2D eigenvalue weighted by Crippen LogP contribution is -2.38. The van der Waals surface area contributed by atoms with Crippen LogP contribution in [0.1, 0.15) is 37.7 Å². The van der Waals surface area contributed by atoms with Crippen molar-refractivity contribution in [1.29, 1.82) is 5.26 Å². The van der Waals surface area contributed by atoms with Gasteiger partial charge in [0.15, 0.2) is 0 Å². The van der Waals surface area contributed by atoms with Crippen LogP contribution in [-0.2, 0) is 0 Å². The molecule has 1 fully saturated rings. The molecule has 0 saturated carbocycles. The standard InChI is InChI=1S/C17H24N2O2/c18-13-15-7-3-4-9-17(15)21-12-6-11-19-10-5-1-2-8-16(19)14-20/h3-4,7,9,16,20H,1-2,5-6,8,10-12,14H2. The number of aliphatic hydroxyl groups excluding tert-OH is 1. The molecule has 1 unspecified atom stereocenters. The number of hydrogen-bond acceptors (Lipinski definition) is 4. The molecule has 4 nitrogen and oxygen atoms in total. The topological polar surface area (TPSA) is 56.5 Å². The molecule has 1 atom stereocenters. The Bertz CT molecular complexity index is 470. The van der Waals surface area contributed by atoms with Crippen LogP contribution in [0, 0.1) is 11.3 Å². The van der Waals surface area contributed by atoms with Gasteiger partial charge >= 0.3 is 0 Å². The van der Waals surface area contributed by atoms with E-state index in [2.05, 4.69) is 11.0 Å². The van der Waals surface area contributed by atoms with Crippen molar-refractivity contribution in [3.05, 3.63) is 29.8 Å². The summed E-state index contributed by atoms with van der Waals surface area (Å²) in [7, 11) is 0. The Balaban J connectivity index is 1.77. The van der Waals surface area contributed by atoms with Crippen LogP contribution in [0.3, 0.4) is 0 Å². The van der Waals surface area contributed by atoms with E-state index in [1.54, 1.807) is 6.07 Å². The van der Waals surface area contributed by atoms with Gasteiger partial charge in [0.2, 0.25) is 0 Å². The summed E-state index contributed by atoms with van der Waals surface area (Å²) in [5, 5.41) is 18.5. The van der Waals surface area contributed by atoms with Gasteiger partial charge in [-0.05, 0) is 37.9 Å². The average molecular weight is 288 g/mol. The van der Waals surface area contributed by atoms with Crippen LogP contribution in [0.25, 0.3) is 0 Å². The summed E-state index contributed by atoms with van der Waals surface area (Å²) in [4.78, 5) is 2.38. The minimum absolute atomic E-state index is 0.248. The summed E-state index contributed by atoms with van der Waals surface area (Å²) in [6, 6.07) is 9.77. The first kappa shape index (κ1) is 15.8. The van der Waals surface area contributed by atoms with E-state index in [9.17, 15) is 5.11 Å². The van der Waals surface area contributed by atoms with Gasteiger partial charge in [-0.1, -0.05) is 25.0 Å². The Morgan fingerprint density at radius 3 is 2.95 bits per heavy atom. The molecule has 0 bridgehead atoms. The fourth-order valence-corrected chi connectivity index (χ4v) is 2.87. The zero-order valence-corrected chi connectivity index (χ0v) is 12.5. The molecule has 114 valence electrons. The van der Waals surface area contributed by atoms with E-state index in [1.165, 1.54) is 19.3 Å². The molecule has 2 rings (SSSR count). The Hall–Kier alpha value is -1.57. The van der Waals surface area contributed by atoms with Gasteiger partial charge in [0.1, 0.15) is 11.8 Å². The van der Waals surface area contributed by atoms with Crippen molar-refractivity contribution < 1.29 is 9.84 Å². The van der Waals surface area contributed by atoms with Gasteiger partial charge in [-0.25, -0.2) is 0 Å². The molecule has 0 spiro atoms. The second-order valence-electron chi connectivity index (χ2n) is 5.53. The summed E-state index contributed by atoms with van der Waals surface area (Å²) in [5.74, 6) is 0.662. The molecule has 1 aromatic rings. The maximum atomic E-state index is 9.48. The van der Waals surface area contributed by atoms with E-state index >= 15 is 0 Å². The minimum atomic E-state index is 0.248. The third-order valence-electron chi connectivity index (χ3n) is 4.06. The number of hydrogen-bond donors (Lipinski definition) is 1. The van der Waals surface area contributed by atoms with Gasteiger partial charge in [0.25, 0.3) is 0 Å². The van der Waals surface area contributed by atoms with Gasteiger partial charge in [-0.15, -0.1) is 0 Å². The number of para-hydroxylation sites is 1. The van der Waals surface area contributed by atoms with Crippen molar-refractivity contribution in [3.8, 4) is 11.8 Å². The molecule has 1 aliphatic heterocycles. The van der Waals surface area contributed by atoms with Gasteiger partial charge < -0.3 is 9.84 Å². The lowest BCUT2D eigenvalue weighted by atomic mass is 10.1. The van der Waals surface area contributed by atoms with Crippen LogP contribution in [-0.4, -0.2) is 42.4 Å². The normalized spacial score (nSPS) is 19.7. The van der Waals surface area contributed by atoms with Gasteiger partial charge in [-0.2, -0.15) is 5.26 Å².